The fourth-order valence-corrected chi connectivity index (χ4v) is 4.32. The lowest BCUT2D eigenvalue weighted by Crippen LogP contribution is -2.56. The molecular formula is C20H26N4O6. The van der Waals surface area contributed by atoms with E-state index in [2.05, 4.69) is 9.97 Å². The molecule has 30 heavy (non-hydrogen) atoms. The molecule has 1 heterocycles. The minimum atomic E-state index is -1.11. The van der Waals surface area contributed by atoms with Gasteiger partial charge in [-0.3, -0.25) is 24.2 Å². The van der Waals surface area contributed by atoms with Crippen molar-refractivity contribution >= 4 is 28.9 Å². The van der Waals surface area contributed by atoms with Gasteiger partial charge in [0.15, 0.2) is 0 Å². The Labute approximate surface area is 173 Å². The number of aromatic nitrogens is 2. The molecule has 1 aromatic carbocycles. The van der Waals surface area contributed by atoms with Crippen LogP contribution in [-0.4, -0.2) is 84.7 Å². The summed E-state index contributed by atoms with van der Waals surface area (Å²) < 4.78 is 0. The molecule has 1 saturated carbocycles. The van der Waals surface area contributed by atoms with Crippen molar-refractivity contribution in [2.24, 2.45) is 0 Å². The van der Waals surface area contributed by atoms with Crippen LogP contribution >= 0.6 is 0 Å². The molecule has 0 amide bonds. The maximum absolute atomic E-state index is 11.6. The summed E-state index contributed by atoms with van der Waals surface area (Å²) in [6.45, 7) is -0.805. The second-order valence-corrected chi connectivity index (χ2v) is 7.61. The SMILES string of the molecule is O=C(O)CN(Cc1nc2ccccc2[nH]1)C1CCCC[C@@H]1N(CC(=O)O)CC(=O)O. The summed E-state index contributed by atoms with van der Waals surface area (Å²) >= 11 is 0. The summed E-state index contributed by atoms with van der Waals surface area (Å²) in [4.78, 5) is 45.1. The number of nitrogens with one attached hydrogen (secondary N) is 1. The van der Waals surface area contributed by atoms with E-state index in [4.69, 9.17) is 0 Å². The summed E-state index contributed by atoms with van der Waals surface area (Å²) in [6.07, 6.45) is 2.98. The Morgan fingerprint density at radius 1 is 0.900 bits per heavy atom. The van der Waals surface area contributed by atoms with Gasteiger partial charge >= 0.3 is 17.9 Å². The van der Waals surface area contributed by atoms with Crippen molar-refractivity contribution in [1.82, 2.24) is 19.8 Å². The Balaban J connectivity index is 1.87. The van der Waals surface area contributed by atoms with Crippen LogP contribution in [0.15, 0.2) is 24.3 Å². The lowest BCUT2D eigenvalue weighted by Gasteiger charge is -2.43. The lowest BCUT2D eigenvalue weighted by atomic mass is 9.87. The highest BCUT2D eigenvalue weighted by molar-refractivity contribution is 5.75. The highest BCUT2D eigenvalue weighted by Crippen LogP contribution is 2.28. The van der Waals surface area contributed by atoms with Gasteiger partial charge in [-0.05, 0) is 25.0 Å². The number of aromatic amines is 1. The van der Waals surface area contributed by atoms with Crippen molar-refractivity contribution in [3.05, 3.63) is 30.1 Å². The fourth-order valence-electron chi connectivity index (χ4n) is 4.32. The molecule has 1 aliphatic carbocycles. The molecule has 3 rings (SSSR count). The number of benzene rings is 1. The minimum absolute atomic E-state index is 0.244. The topological polar surface area (TPSA) is 147 Å². The largest absolute Gasteiger partial charge is 0.480 e. The zero-order valence-electron chi connectivity index (χ0n) is 16.5. The Hall–Kier alpha value is -2.98. The third-order valence-electron chi connectivity index (χ3n) is 5.44. The van der Waals surface area contributed by atoms with Gasteiger partial charge in [-0.1, -0.05) is 25.0 Å². The van der Waals surface area contributed by atoms with E-state index in [-0.39, 0.29) is 25.2 Å². The average Bonchev–Trinajstić information content (AvgIpc) is 3.08. The molecule has 0 spiro atoms. The van der Waals surface area contributed by atoms with Crippen molar-refractivity contribution in [3.63, 3.8) is 0 Å². The molecule has 162 valence electrons. The van der Waals surface area contributed by atoms with Crippen molar-refractivity contribution in [1.29, 1.82) is 0 Å². The molecule has 2 aromatic rings. The number of hydrogen-bond donors (Lipinski definition) is 4. The molecule has 4 N–H and O–H groups in total. The maximum atomic E-state index is 11.6. The number of carbonyl (C=O) groups is 3. The first kappa shape index (κ1) is 21.7. The predicted molar refractivity (Wildman–Crippen MR) is 107 cm³/mol. The van der Waals surface area contributed by atoms with Gasteiger partial charge in [-0.25, -0.2) is 4.98 Å². The number of aliphatic carboxylic acids is 3. The summed E-state index contributed by atoms with van der Waals surface area (Å²) in [7, 11) is 0. The number of carboxylic acids is 3. The Kier molecular flexibility index (Phi) is 7.01. The zero-order chi connectivity index (χ0) is 21.7. The highest BCUT2D eigenvalue weighted by Gasteiger charge is 2.36. The van der Waals surface area contributed by atoms with Crippen molar-refractivity contribution in [2.45, 2.75) is 44.3 Å². The average molecular weight is 418 g/mol. The molecule has 10 nitrogen and oxygen atoms in total. The number of rotatable bonds is 10. The molecule has 0 saturated heterocycles. The second kappa shape index (κ2) is 9.68. The van der Waals surface area contributed by atoms with Crippen LogP contribution in [-0.2, 0) is 20.9 Å². The molecule has 0 radical (unpaired) electrons. The van der Waals surface area contributed by atoms with E-state index < -0.39 is 31.0 Å². The standard InChI is InChI=1S/C20H26N4O6/c25-18(26)10-23(9-17-21-13-5-1-2-6-14(13)22-17)15-7-3-4-8-16(15)24(11-19(27)28)12-20(29)30/h1-2,5-6,15-16H,3-4,7-12H2,(H,21,22)(H,25,26)(H,27,28)(H,29,30)/t15?,16-/m0/s1. The Bertz CT molecular complexity index is 865. The van der Waals surface area contributed by atoms with Crippen molar-refractivity contribution in [3.8, 4) is 0 Å². The predicted octanol–water partition coefficient (Wildman–Crippen LogP) is 1.23. The van der Waals surface area contributed by atoms with E-state index in [0.717, 1.165) is 23.9 Å². The molecule has 2 atom stereocenters. The van der Waals surface area contributed by atoms with Gasteiger partial charge in [0.2, 0.25) is 0 Å². The Morgan fingerprint density at radius 2 is 1.43 bits per heavy atom. The molecular weight excluding hydrogens is 392 g/mol. The van der Waals surface area contributed by atoms with Crippen molar-refractivity contribution in [2.75, 3.05) is 19.6 Å². The molecule has 0 bridgehead atoms. The zero-order valence-corrected chi connectivity index (χ0v) is 16.5. The van der Waals surface area contributed by atoms with Crippen LogP contribution in [0.4, 0.5) is 0 Å². The van der Waals surface area contributed by atoms with Crippen LogP contribution in [0.2, 0.25) is 0 Å². The molecule has 0 aliphatic heterocycles. The van der Waals surface area contributed by atoms with Gasteiger partial charge in [-0.2, -0.15) is 0 Å². The van der Waals surface area contributed by atoms with Crippen LogP contribution in [0, 0.1) is 0 Å². The summed E-state index contributed by atoms with van der Waals surface area (Å²) in [5.74, 6) is -2.60. The maximum Gasteiger partial charge on any atom is 0.317 e. The first-order valence-corrected chi connectivity index (χ1v) is 9.90. The van der Waals surface area contributed by atoms with Crippen LogP contribution in [0.5, 0.6) is 0 Å². The molecule has 1 unspecified atom stereocenters. The number of carboxylic acid groups (broad SMARTS) is 3. The second-order valence-electron chi connectivity index (χ2n) is 7.61. The van der Waals surface area contributed by atoms with E-state index in [0.29, 0.717) is 18.7 Å². The number of fused-ring (bicyclic) bond motifs is 1. The molecule has 1 aliphatic rings. The lowest BCUT2D eigenvalue weighted by molar-refractivity contribution is -0.146. The quantitative estimate of drug-likeness (QED) is 0.447. The highest BCUT2D eigenvalue weighted by atomic mass is 16.4. The molecule has 1 aromatic heterocycles. The minimum Gasteiger partial charge on any atom is -0.480 e. The van der Waals surface area contributed by atoms with Crippen LogP contribution in [0.3, 0.4) is 0 Å². The van der Waals surface area contributed by atoms with Crippen LogP contribution in [0.25, 0.3) is 11.0 Å². The van der Waals surface area contributed by atoms with Crippen LogP contribution in [0.1, 0.15) is 31.5 Å². The number of H-pyrrole nitrogens is 1. The first-order valence-electron chi connectivity index (χ1n) is 9.90. The van der Waals surface area contributed by atoms with Crippen LogP contribution < -0.4 is 0 Å². The summed E-state index contributed by atoms with van der Waals surface area (Å²) in [5, 5.41) is 28.0. The van der Waals surface area contributed by atoms with Gasteiger partial charge in [0, 0.05) is 12.1 Å². The van der Waals surface area contributed by atoms with Gasteiger partial charge in [0.05, 0.1) is 37.2 Å². The smallest absolute Gasteiger partial charge is 0.317 e. The normalized spacial score (nSPS) is 19.4. The number of para-hydroxylation sites is 2. The van der Waals surface area contributed by atoms with E-state index in [1.54, 1.807) is 4.90 Å². The van der Waals surface area contributed by atoms with Crippen molar-refractivity contribution < 1.29 is 29.7 Å². The number of imidazole rings is 1. The van der Waals surface area contributed by atoms with Gasteiger partial charge in [-0.15, -0.1) is 0 Å². The van der Waals surface area contributed by atoms with Gasteiger partial charge in [0.1, 0.15) is 5.82 Å². The third kappa shape index (κ3) is 5.55. The van der Waals surface area contributed by atoms with E-state index >= 15 is 0 Å². The fraction of sp³-hybridized carbons (Fsp3) is 0.500. The first-order chi connectivity index (χ1) is 14.3. The number of hydrogen-bond acceptors (Lipinski definition) is 6. The van der Waals surface area contributed by atoms with Gasteiger partial charge < -0.3 is 20.3 Å². The summed E-state index contributed by atoms with van der Waals surface area (Å²) in [6, 6.07) is 6.84. The third-order valence-corrected chi connectivity index (χ3v) is 5.44. The van der Waals surface area contributed by atoms with E-state index in [9.17, 15) is 29.7 Å². The monoisotopic (exact) mass is 418 g/mol. The van der Waals surface area contributed by atoms with Gasteiger partial charge in [0.25, 0.3) is 0 Å². The number of nitrogens with zero attached hydrogens (tertiary/aromatic N) is 3. The summed E-state index contributed by atoms with van der Waals surface area (Å²) in [5.41, 5.74) is 1.63. The molecule has 1 fully saturated rings. The molecule has 10 heteroatoms. The van der Waals surface area contributed by atoms with E-state index in [1.165, 1.54) is 4.90 Å². The van der Waals surface area contributed by atoms with E-state index in [1.807, 2.05) is 24.3 Å². The Morgan fingerprint density at radius 3 is 2.00 bits per heavy atom.